The summed E-state index contributed by atoms with van der Waals surface area (Å²) in [5, 5.41) is 10.2. The molecule has 4 N–H and O–H groups in total. The van der Waals surface area contributed by atoms with Crippen LogP contribution < -0.4 is 16.0 Å². The summed E-state index contributed by atoms with van der Waals surface area (Å²) < 4.78 is 0. The number of nitrogens with zero attached hydrogens (tertiary/aromatic N) is 4. The molecule has 3 heterocycles. The first kappa shape index (κ1) is 11.9. The number of hydrogen-bond acceptors (Lipinski definition) is 6. The second kappa shape index (κ2) is 4.51. The molecule has 7 nitrogen and oxygen atoms in total. The number of hydrogen-bond donors (Lipinski definition) is 3. The highest BCUT2D eigenvalue weighted by Gasteiger charge is 2.27. The van der Waals surface area contributed by atoms with Gasteiger partial charge >= 0.3 is 0 Å². The van der Waals surface area contributed by atoms with Crippen LogP contribution in [0.15, 0.2) is 12.3 Å². The molecule has 0 bridgehead atoms. The molecule has 3 rings (SSSR count). The molecule has 1 fully saturated rings. The fraction of sp³-hybridized carbons (Fsp3) is 0.417. The van der Waals surface area contributed by atoms with E-state index in [1.165, 1.54) is 0 Å². The van der Waals surface area contributed by atoms with E-state index >= 15 is 0 Å². The molecular formula is C12H17N7. The Morgan fingerprint density at radius 2 is 2.21 bits per heavy atom. The fourth-order valence-electron chi connectivity index (χ4n) is 2.20. The average molecular weight is 259 g/mol. The van der Waals surface area contributed by atoms with Crippen molar-refractivity contribution < 1.29 is 0 Å². The lowest BCUT2D eigenvalue weighted by Gasteiger charge is -2.40. The normalized spacial score (nSPS) is 15.6. The summed E-state index contributed by atoms with van der Waals surface area (Å²) in [6.07, 6.45) is 1.77. The molecule has 0 atom stereocenters. The number of nitrogens with two attached hydrogens (primary N) is 1. The minimum Gasteiger partial charge on any atom is -0.368 e. The summed E-state index contributed by atoms with van der Waals surface area (Å²) in [7, 11) is 1.97. The summed E-state index contributed by atoms with van der Waals surface area (Å²) in [6.45, 7) is 3.86. The molecule has 19 heavy (non-hydrogen) atoms. The van der Waals surface area contributed by atoms with Gasteiger partial charge < -0.3 is 16.0 Å². The van der Waals surface area contributed by atoms with Gasteiger partial charge in [0.05, 0.1) is 17.6 Å². The topological polar surface area (TPSA) is 95.8 Å². The lowest BCUT2D eigenvalue weighted by Crippen LogP contribution is -2.57. The van der Waals surface area contributed by atoms with Gasteiger partial charge in [0, 0.05) is 25.2 Å². The molecule has 0 spiro atoms. The van der Waals surface area contributed by atoms with E-state index in [2.05, 4.69) is 30.4 Å². The largest absolute Gasteiger partial charge is 0.368 e. The highest BCUT2D eigenvalue weighted by atomic mass is 15.3. The van der Waals surface area contributed by atoms with Crippen LogP contribution >= 0.6 is 0 Å². The second-order valence-corrected chi connectivity index (χ2v) is 4.79. The van der Waals surface area contributed by atoms with E-state index in [1.807, 2.05) is 20.0 Å². The zero-order chi connectivity index (χ0) is 13.4. The Bertz CT molecular complexity index is 586. The van der Waals surface area contributed by atoms with Crippen LogP contribution in [-0.2, 0) is 0 Å². The van der Waals surface area contributed by atoms with Gasteiger partial charge in [0.1, 0.15) is 5.82 Å². The van der Waals surface area contributed by atoms with Crippen molar-refractivity contribution in [3.63, 3.8) is 0 Å². The molecule has 0 aliphatic carbocycles. The van der Waals surface area contributed by atoms with Crippen LogP contribution in [0, 0.1) is 6.92 Å². The third-order valence-corrected chi connectivity index (χ3v) is 3.43. The summed E-state index contributed by atoms with van der Waals surface area (Å²) in [4.78, 5) is 10.7. The Labute approximate surface area is 111 Å². The standard InChI is InChI=1S/C12H17N7/c1-7-4-15-18-11(7)9-3-10(17-12(13)16-9)19-5-8(6-19)14-2/h3-4,8,14H,5-6H2,1-2H3,(H,15,18)(H2,13,16,17). The lowest BCUT2D eigenvalue weighted by atomic mass is 10.1. The van der Waals surface area contributed by atoms with Crippen LogP contribution in [0.5, 0.6) is 0 Å². The summed E-state index contributed by atoms with van der Waals surface area (Å²) in [6, 6.07) is 2.47. The van der Waals surface area contributed by atoms with Crippen molar-refractivity contribution in [1.82, 2.24) is 25.5 Å². The molecule has 1 aliphatic heterocycles. The molecule has 0 amide bonds. The Hall–Kier alpha value is -2.15. The van der Waals surface area contributed by atoms with E-state index in [1.54, 1.807) is 6.20 Å². The van der Waals surface area contributed by atoms with Crippen molar-refractivity contribution in [3.8, 4) is 11.4 Å². The molecule has 0 saturated carbocycles. The summed E-state index contributed by atoms with van der Waals surface area (Å²) in [5.74, 6) is 1.15. The molecule has 1 aliphatic rings. The van der Waals surface area contributed by atoms with Crippen molar-refractivity contribution in [3.05, 3.63) is 17.8 Å². The van der Waals surface area contributed by atoms with Crippen LogP contribution in [0.3, 0.4) is 0 Å². The van der Waals surface area contributed by atoms with Crippen LogP contribution in [-0.4, -0.2) is 46.3 Å². The monoisotopic (exact) mass is 259 g/mol. The predicted molar refractivity (Wildman–Crippen MR) is 73.8 cm³/mol. The van der Waals surface area contributed by atoms with Crippen molar-refractivity contribution >= 4 is 11.8 Å². The lowest BCUT2D eigenvalue weighted by molar-refractivity contribution is 0.447. The number of rotatable bonds is 3. The van der Waals surface area contributed by atoms with Gasteiger partial charge in [-0.05, 0) is 19.5 Å². The van der Waals surface area contributed by atoms with Gasteiger partial charge in [-0.1, -0.05) is 0 Å². The molecule has 2 aromatic rings. The van der Waals surface area contributed by atoms with Crippen molar-refractivity contribution in [2.24, 2.45) is 0 Å². The number of nitrogens with one attached hydrogen (secondary N) is 2. The van der Waals surface area contributed by atoms with Gasteiger partial charge in [0.2, 0.25) is 5.95 Å². The molecule has 100 valence electrons. The zero-order valence-corrected chi connectivity index (χ0v) is 11.0. The molecule has 7 heteroatoms. The molecule has 1 saturated heterocycles. The van der Waals surface area contributed by atoms with Gasteiger partial charge in [0.25, 0.3) is 0 Å². The minimum absolute atomic E-state index is 0.286. The smallest absolute Gasteiger partial charge is 0.222 e. The first-order valence-electron chi connectivity index (χ1n) is 6.24. The predicted octanol–water partition coefficient (Wildman–Crippen LogP) is 0.165. The maximum atomic E-state index is 5.80. The summed E-state index contributed by atoms with van der Waals surface area (Å²) in [5.41, 5.74) is 8.52. The first-order chi connectivity index (χ1) is 9.17. The van der Waals surface area contributed by atoms with Crippen LogP contribution in [0.1, 0.15) is 5.56 Å². The van der Waals surface area contributed by atoms with E-state index in [0.717, 1.165) is 35.9 Å². The zero-order valence-electron chi connectivity index (χ0n) is 11.0. The third kappa shape index (κ3) is 2.12. The van der Waals surface area contributed by atoms with Gasteiger partial charge in [-0.25, -0.2) is 4.98 Å². The van der Waals surface area contributed by atoms with E-state index in [4.69, 9.17) is 5.73 Å². The quantitative estimate of drug-likeness (QED) is 0.727. The number of aromatic nitrogens is 4. The number of nitrogen functional groups attached to an aromatic ring is 1. The number of aromatic amines is 1. The van der Waals surface area contributed by atoms with Crippen LogP contribution in [0.4, 0.5) is 11.8 Å². The molecule has 0 unspecified atom stereocenters. The van der Waals surface area contributed by atoms with E-state index in [9.17, 15) is 0 Å². The Balaban J connectivity index is 1.91. The minimum atomic E-state index is 0.286. The van der Waals surface area contributed by atoms with Gasteiger partial charge in [0.15, 0.2) is 0 Å². The maximum Gasteiger partial charge on any atom is 0.222 e. The van der Waals surface area contributed by atoms with Crippen molar-refractivity contribution in [2.75, 3.05) is 30.8 Å². The van der Waals surface area contributed by atoms with E-state index in [0.29, 0.717) is 6.04 Å². The maximum absolute atomic E-state index is 5.80. The van der Waals surface area contributed by atoms with Gasteiger partial charge in [-0.3, -0.25) is 5.10 Å². The Morgan fingerprint density at radius 3 is 2.84 bits per heavy atom. The van der Waals surface area contributed by atoms with Crippen molar-refractivity contribution in [1.29, 1.82) is 0 Å². The van der Waals surface area contributed by atoms with Crippen molar-refractivity contribution in [2.45, 2.75) is 13.0 Å². The fourth-order valence-corrected chi connectivity index (χ4v) is 2.20. The van der Waals surface area contributed by atoms with Gasteiger partial charge in [-0.15, -0.1) is 0 Å². The number of aryl methyl sites for hydroxylation is 1. The summed E-state index contributed by atoms with van der Waals surface area (Å²) >= 11 is 0. The number of anilines is 2. The molecule has 0 radical (unpaired) electrons. The van der Waals surface area contributed by atoms with Crippen LogP contribution in [0.25, 0.3) is 11.4 Å². The van der Waals surface area contributed by atoms with Crippen LogP contribution in [0.2, 0.25) is 0 Å². The SMILES string of the molecule is CNC1CN(c2cc(-c3[nH]ncc3C)nc(N)n2)C1. The van der Waals surface area contributed by atoms with E-state index < -0.39 is 0 Å². The Kier molecular flexibility index (Phi) is 2.83. The second-order valence-electron chi connectivity index (χ2n) is 4.79. The molecule has 0 aromatic carbocycles. The third-order valence-electron chi connectivity index (χ3n) is 3.43. The Morgan fingerprint density at radius 1 is 1.42 bits per heavy atom. The van der Waals surface area contributed by atoms with Gasteiger partial charge in [-0.2, -0.15) is 10.1 Å². The highest BCUT2D eigenvalue weighted by Crippen LogP contribution is 2.25. The number of H-pyrrole nitrogens is 1. The molecular weight excluding hydrogens is 242 g/mol. The highest BCUT2D eigenvalue weighted by molar-refractivity contribution is 5.64. The number of likely N-dealkylation sites (N-methyl/N-ethyl adjacent to an activating group) is 1. The first-order valence-corrected chi connectivity index (χ1v) is 6.24. The average Bonchev–Trinajstić information content (AvgIpc) is 2.73. The van der Waals surface area contributed by atoms with E-state index in [-0.39, 0.29) is 5.95 Å². The molecule has 2 aromatic heterocycles.